The van der Waals surface area contributed by atoms with Crippen molar-refractivity contribution in [2.75, 3.05) is 5.32 Å². The van der Waals surface area contributed by atoms with Crippen LogP contribution in [0.4, 0.5) is 5.69 Å². The second kappa shape index (κ2) is 9.72. The average molecular weight is 400 g/mol. The number of anilines is 1. The molecule has 0 aliphatic carbocycles. The molecule has 0 radical (unpaired) electrons. The first-order valence-corrected chi connectivity index (χ1v) is 11.0. The van der Waals surface area contributed by atoms with Gasteiger partial charge in [-0.3, -0.25) is 0 Å². The van der Waals surface area contributed by atoms with Gasteiger partial charge < -0.3 is 10.4 Å². The molecule has 142 valence electrons. The molecule has 0 amide bonds. The number of unbranched alkanes of at least 4 members (excludes halogenated alkanes) is 3. The summed E-state index contributed by atoms with van der Waals surface area (Å²) in [4.78, 5) is 16.3. The summed E-state index contributed by atoms with van der Waals surface area (Å²) in [7, 11) is 0. The number of carboxylic acids is 1. The van der Waals surface area contributed by atoms with Gasteiger partial charge in [-0.1, -0.05) is 26.2 Å². The Labute approximate surface area is 168 Å². The predicted molar refractivity (Wildman–Crippen MR) is 116 cm³/mol. The van der Waals surface area contributed by atoms with E-state index in [0.29, 0.717) is 5.56 Å². The van der Waals surface area contributed by atoms with E-state index in [-0.39, 0.29) is 0 Å². The van der Waals surface area contributed by atoms with Crippen molar-refractivity contribution in [1.82, 2.24) is 0 Å². The molecule has 2 N–H and O–H groups in total. The van der Waals surface area contributed by atoms with E-state index in [1.165, 1.54) is 51.6 Å². The summed E-state index contributed by atoms with van der Waals surface area (Å²) in [6.07, 6.45) is 6.42. The molecule has 0 fully saturated rings. The molecule has 2 heterocycles. The van der Waals surface area contributed by atoms with Crippen molar-refractivity contribution in [2.24, 2.45) is 0 Å². The first-order valence-electron chi connectivity index (χ1n) is 9.40. The Balaban J connectivity index is 1.53. The van der Waals surface area contributed by atoms with Crippen molar-refractivity contribution >= 4 is 34.3 Å². The number of benzene rings is 1. The fraction of sp³-hybridized carbons (Fsp3) is 0.318. The molecule has 3 nitrogen and oxygen atoms in total. The highest BCUT2D eigenvalue weighted by Crippen LogP contribution is 2.34. The monoisotopic (exact) mass is 399 g/mol. The zero-order chi connectivity index (χ0) is 19.1. The average Bonchev–Trinajstić information content (AvgIpc) is 3.33. The maximum Gasteiger partial charge on any atom is 0.335 e. The third-order valence-electron chi connectivity index (χ3n) is 4.44. The van der Waals surface area contributed by atoms with Crippen LogP contribution in [-0.2, 0) is 13.0 Å². The Morgan fingerprint density at radius 3 is 2.22 bits per heavy atom. The van der Waals surface area contributed by atoms with E-state index in [1.54, 1.807) is 12.1 Å². The molecule has 1 aromatic carbocycles. The van der Waals surface area contributed by atoms with E-state index in [4.69, 9.17) is 5.11 Å². The van der Waals surface area contributed by atoms with E-state index in [1.807, 2.05) is 34.8 Å². The van der Waals surface area contributed by atoms with Crippen LogP contribution in [0.3, 0.4) is 0 Å². The summed E-state index contributed by atoms with van der Waals surface area (Å²) in [5.41, 5.74) is 1.24. The minimum absolute atomic E-state index is 0.308. The Bertz CT molecular complexity index is 865. The zero-order valence-corrected chi connectivity index (χ0v) is 17.2. The van der Waals surface area contributed by atoms with Gasteiger partial charge in [0, 0.05) is 31.7 Å². The van der Waals surface area contributed by atoms with Crippen LogP contribution < -0.4 is 5.32 Å². The van der Waals surface area contributed by atoms with Crippen LogP contribution in [0.15, 0.2) is 48.5 Å². The molecule has 0 saturated heterocycles. The van der Waals surface area contributed by atoms with E-state index in [2.05, 4.69) is 36.5 Å². The molecule has 2 aromatic heterocycles. The van der Waals surface area contributed by atoms with Crippen molar-refractivity contribution in [3.63, 3.8) is 0 Å². The number of rotatable bonds is 10. The standard InChI is InChI=1S/C22H25NO2S2/c1-2-3-4-5-6-18-11-13-20(26-18)21-14-12-19(27-21)15-23-17-9-7-16(8-10-17)22(24)25/h7-14,23H,2-6,15H2,1H3,(H,24,25). The van der Waals surface area contributed by atoms with Gasteiger partial charge in [0.2, 0.25) is 0 Å². The molecule has 0 bridgehead atoms. The number of aryl methyl sites for hydroxylation is 1. The van der Waals surface area contributed by atoms with E-state index in [9.17, 15) is 4.79 Å². The van der Waals surface area contributed by atoms with Gasteiger partial charge in [0.05, 0.1) is 5.56 Å². The summed E-state index contributed by atoms with van der Waals surface area (Å²) in [5, 5.41) is 12.3. The minimum Gasteiger partial charge on any atom is -0.478 e. The summed E-state index contributed by atoms with van der Waals surface area (Å²) in [6, 6.07) is 15.7. The quantitative estimate of drug-likeness (QED) is 0.364. The van der Waals surface area contributed by atoms with Crippen molar-refractivity contribution in [1.29, 1.82) is 0 Å². The number of hydrogen-bond donors (Lipinski definition) is 2. The summed E-state index contributed by atoms with van der Waals surface area (Å²) in [5.74, 6) is -0.898. The molecular formula is C22H25NO2S2. The second-order valence-electron chi connectivity index (χ2n) is 6.58. The molecule has 0 aliphatic heterocycles. The molecule has 5 heteroatoms. The lowest BCUT2D eigenvalue weighted by atomic mass is 10.1. The number of thiophene rings is 2. The Morgan fingerprint density at radius 2 is 1.56 bits per heavy atom. The first kappa shape index (κ1) is 19.6. The Hall–Kier alpha value is -2.11. The van der Waals surface area contributed by atoms with E-state index in [0.717, 1.165) is 12.2 Å². The van der Waals surface area contributed by atoms with Crippen LogP contribution in [0, 0.1) is 0 Å². The second-order valence-corrected chi connectivity index (χ2v) is 8.92. The summed E-state index contributed by atoms with van der Waals surface area (Å²) < 4.78 is 0. The van der Waals surface area contributed by atoms with Gasteiger partial charge in [-0.15, -0.1) is 22.7 Å². The van der Waals surface area contributed by atoms with Gasteiger partial charge in [-0.05, 0) is 61.4 Å². The highest BCUT2D eigenvalue weighted by atomic mass is 32.1. The smallest absolute Gasteiger partial charge is 0.335 e. The van der Waals surface area contributed by atoms with Crippen molar-refractivity contribution in [3.8, 4) is 9.75 Å². The van der Waals surface area contributed by atoms with E-state index < -0.39 is 5.97 Å². The predicted octanol–water partition coefficient (Wildman–Crippen LogP) is 6.91. The number of nitrogens with one attached hydrogen (secondary N) is 1. The Kier molecular flexibility index (Phi) is 7.07. The molecule has 0 spiro atoms. The molecule has 0 atom stereocenters. The number of carboxylic acid groups (broad SMARTS) is 1. The van der Waals surface area contributed by atoms with Crippen LogP contribution in [0.1, 0.15) is 52.7 Å². The molecule has 0 unspecified atom stereocenters. The maximum atomic E-state index is 10.9. The molecule has 3 rings (SSSR count). The van der Waals surface area contributed by atoms with Crippen molar-refractivity contribution in [3.05, 3.63) is 63.8 Å². The fourth-order valence-corrected chi connectivity index (χ4v) is 4.98. The molecule has 0 aliphatic rings. The zero-order valence-electron chi connectivity index (χ0n) is 15.5. The van der Waals surface area contributed by atoms with Gasteiger partial charge in [0.1, 0.15) is 0 Å². The third-order valence-corrected chi connectivity index (χ3v) is 6.87. The number of aromatic carboxylic acids is 1. The van der Waals surface area contributed by atoms with Gasteiger partial charge in [0.15, 0.2) is 0 Å². The fourth-order valence-electron chi connectivity index (χ4n) is 2.90. The molecule has 0 saturated carbocycles. The third kappa shape index (κ3) is 5.68. The molecular weight excluding hydrogens is 374 g/mol. The van der Waals surface area contributed by atoms with Gasteiger partial charge in [-0.2, -0.15) is 0 Å². The van der Waals surface area contributed by atoms with Crippen LogP contribution >= 0.6 is 22.7 Å². The molecule has 27 heavy (non-hydrogen) atoms. The minimum atomic E-state index is -0.898. The lowest BCUT2D eigenvalue weighted by molar-refractivity contribution is 0.0697. The van der Waals surface area contributed by atoms with Crippen molar-refractivity contribution < 1.29 is 9.90 Å². The van der Waals surface area contributed by atoms with Gasteiger partial charge in [0.25, 0.3) is 0 Å². The SMILES string of the molecule is CCCCCCc1ccc(-c2ccc(CNc3ccc(C(=O)O)cc3)s2)s1. The van der Waals surface area contributed by atoms with Crippen LogP contribution in [0.25, 0.3) is 9.75 Å². The first-order chi connectivity index (χ1) is 13.2. The Morgan fingerprint density at radius 1 is 0.889 bits per heavy atom. The van der Waals surface area contributed by atoms with Gasteiger partial charge >= 0.3 is 5.97 Å². The lowest BCUT2D eigenvalue weighted by Gasteiger charge is -2.04. The summed E-state index contributed by atoms with van der Waals surface area (Å²) >= 11 is 3.72. The largest absolute Gasteiger partial charge is 0.478 e. The van der Waals surface area contributed by atoms with Crippen LogP contribution in [0.5, 0.6) is 0 Å². The van der Waals surface area contributed by atoms with Gasteiger partial charge in [-0.25, -0.2) is 4.79 Å². The van der Waals surface area contributed by atoms with E-state index >= 15 is 0 Å². The van der Waals surface area contributed by atoms with Crippen LogP contribution in [-0.4, -0.2) is 11.1 Å². The normalized spacial score (nSPS) is 10.9. The number of hydrogen-bond acceptors (Lipinski definition) is 4. The topological polar surface area (TPSA) is 49.3 Å². The van der Waals surface area contributed by atoms with Crippen molar-refractivity contribution in [2.45, 2.75) is 45.6 Å². The maximum absolute atomic E-state index is 10.9. The lowest BCUT2D eigenvalue weighted by Crippen LogP contribution is -1.99. The highest BCUT2D eigenvalue weighted by Gasteiger charge is 2.07. The summed E-state index contributed by atoms with van der Waals surface area (Å²) in [6.45, 7) is 2.99. The van der Waals surface area contributed by atoms with Crippen LogP contribution in [0.2, 0.25) is 0 Å². The molecule has 3 aromatic rings. The number of carbonyl (C=O) groups is 1. The highest BCUT2D eigenvalue weighted by molar-refractivity contribution is 7.22.